The lowest BCUT2D eigenvalue weighted by Gasteiger charge is -2.08. The first kappa shape index (κ1) is 17.1. The zero-order chi connectivity index (χ0) is 17.1. The van der Waals surface area contributed by atoms with Gasteiger partial charge in [-0.3, -0.25) is 4.79 Å². The van der Waals surface area contributed by atoms with Gasteiger partial charge in [0.15, 0.2) is 11.5 Å². The number of nitrogens with zero attached hydrogens (tertiary/aromatic N) is 2. The monoisotopic (exact) mass is 334 g/mol. The predicted octanol–water partition coefficient (Wildman–Crippen LogP) is 3.80. The van der Waals surface area contributed by atoms with Crippen molar-refractivity contribution in [1.29, 1.82) is 0 Å². The summed E-state index contributed by atoms with van der Waals surface area (Å²) in [6, 6.07) is 5.44. The molecule has 0 N–H and O–H groups in total. The summed E-state index contributed by atoms with van der Waals surface area (Å²) in [5.41, 5.74) is 2.51. The van der Waals surface area contributed by atoms with E-state index in [1.165, 1.54) is 6.92 Å². The highest BCUT2D eigenvalue weighted by Crippen LogP contribution is 2.37. The van der Waals surface area contributed by atoms with Crippen molar-refractivity contribution in [2.45, 2.75) is 13.8 Å². The molecule has 5 nitrogen and oxygen atoms in total. The van der Waals surface area contributed by atoms with Gasteiger partial charge in [0.2, 0.25) is 0 Å². The van der Waals surface area contributed by atoms with Crippen LogP contribution < -0.4 is 4.74 Å². The first-order valence-electron chi connectivity index (χ1n) is 7.05. The van der Waals surface area contributed by atoms with Gasteiger partial charge in [-0.1, -0.05) is 28.9 Å². The third kappa shape index (κ3) is 3.40. The lowest BCUT2D eigenvalue weighted by atomic mass is 10.0. The average Bonchev–Trinajstić information content (AvgIpc) is 2.86. The molecular formula is C17H19ClN2O3. The highest BCUT2D eigenvalue weighted by molar-refractivity contribution is 6.34. The van der Waals surface area contributed by atoms with Gasteiger partial charge < -0.3 is 14.2 Å². The number of halogens is 1. The molecule has 0 radical (unpaired) electrons. The van der Waals surface area contributed by atoms with Gasteiger partial charge in [0.25, 0.3) is 0 Å². The lowest BCUT2D eigenvalue weighted by molar-refractivity contribution is -0.111. The molecular weight excluding hydrogens is 316 g/mol. The minimum absolute atomic E-state index is 0.0961. The Balaban J connectivity index is 2.58. The van der Waals surface area contributed by atoms with E-state index in [1.807, 2.05) is 33.2 Å². The Hall–Kier alpha value is -2.27. The maximum Gasteiger partial charge on any atom is 0.175 e. The fourth-order valence-electron chi connectivity index (χ4n) is 2.26. The maximum atomic E-state index is 11.9. The number of ketones is 1. The fraction of sp³-hybridized carbons (Fsp3) is 0.294. The molecule has 2 rings (SSSR count). The molecule has 0 spiro atoms. The van der Waals surface area contributed by atoms with Crippen LogP contribution in [0.1, 0.15) is 18.2 Å². The largest absolute Gasteiger partial charge is 0.495 e. The van der Waals surface area contributed by atoms with E-state index in [0.717, 1.165) is 5.56 Å². The van der Waals surface area contributed by atoms with Crippen molar-refractivity contribution < 1.29 is 14.1 Å². The van der Waals surface area contributed by atoms with Crippen LogP contribution in [0.3, 0.4) is 0 Å². The second-order valence-corrected chi connectivity index (χ2v) is 5.75. The van der Waals surface area contributed by atoms with Crippen LogP contribution in [0.15, 0.2) is 28.9 Å². The van der Waals surface area contributed by atoms with E-state index in [2.05, 4.69) is 5.16 Å². The van der Waals surface area contributed by atoms with Gasteiger partial charge in [-0.25, -0.2) is 0 Å². The van der Waals surface area contributed by atoms with E-state index in [4.69, 9.17) is 20.9 Å². The first-order valence-corrected chi connectivity index (χ1v) is 7.43. The number of methoxy groups -OCH3 is 1. The Morgan fingerprint density at radius 2 is 2.09 bits per heavy atom. The normalized spacial score (nSPS) is 11.5. The van der Waals surface area contributed by atoms with Gasteiger partial charge in [-0.15, -0.1) is 0 Å². The number of allylic oxidation sites excluding steroid dienone is 1. The summed E-state index contributed by atoms with van der Waals surface area (Å²) in [5.74, 6) is 0.907. The summed E-state index contributed by atoms with van der Waals surface area (Å²) in [5, 5.41) is 4.56. The Morgan fingerprint density at radius 1 is 1.39 bits per heavy atom. The SMILES string of the molecule is COc1cccc(-c2noc(/C(=C/N(C)C)C(C)=O)c2C)c1Cl. The standard InChI is InChI=1S/C17H19ClN2O3/c1-10-16(12-7-6-8-14(22-5)15(12)18)19-23-17(10)13(11(2)21)9-20(3)4/h6-9H,1-5H3/b13-9+. The van der Waals surface area contributed by atoms with Crippen molar-refractivity contribution in [3.63, 3.8) is 0 Å². The second-order valence-electron chi connectivity index (χ2n) is 5.37. The molecule has 1 aromatic carbocycles. The molecule has 0 amide bonds. The number of benzene rings is 1. The van der Waals surface area contributed by atoms with Crippen LogP contribution in [0.25, 0.3) is 16.8 Å². The molecule has 0 fully saturated rings. The molecule has 1 heterocycles. The number of carbonyl (C=O) groups excluding carboxylic acids is 1. The van der Waals surface area contributed by atoms with E-state index >= 15 is 0 Å². The molecule has 1 aromatic heterocycles. The van der Waals surface area contributed by atoms with Crippen LogP contribution in [-0.2, 0) is 4.79 Å². The molecule has 122 valence electrons. The van der Waals surface area contributed by atoms with Gasteiger partial charge in [-0.2, -0.15) is 0 Å². The van der Waals surface area contributed by atoms with E-state index in [0.29, 0.717) is 33.4 Å². The molecule has 0 saturated heterocycles. The van der Waals surface area contributed by atoms with Gasteiger partial charge in [-0.05, 0) is 19.9 Å². The molecule has 0 saturated carbocycles. The highest BCUT2D eigenvalue weighted by atomic mass is 35.5. The molecule has 23 heavy (non-hydrogen) atoms. The fourth-order valence-corrected chi connectivity index (χ4v) is 2.55. The minimum Gasteiger partial charge on any atom is -0.495 e. The van der Waals surface area contributed by atoms with Crippen molar-refractivity contribution >= 4 is 23.0 Å². The summed E-state index contributed by atoms with van der Waals surface area (Å²) in [6.07, 6.45) is 1.72. The number of ether oxygens (including phenoxy) is 1. The Labute approximate surface area is 140 Å². The molecule has 0 unspecified atom stereocenters. The Kier molecular flexibility index (Phi) is 5.11. The quantitative estimate of drug-likeness (QED) is 0.778. The summed E-state index contributed by atoms with van der Waals surface area (Å²) in [6.45, 7) is 3.35. The number of hydrogen-bond donors (Lipinski definition) is 0. The summed E-state index contributed by atoms with van der Waals surface area (Å²) in [7, 11) is 5.24. The molecule has 0 aliphatic heterocycles. The minimum atomic E-state index is -0.0961. The lowest BCUT2D eigenvalue weighted by Crippen LogP contribution is -2.06. The molecule has 2 aromatic rings. The van der Waals surface area contributed by atoms with Crippen LogP contribution in [0.5, 0.6) is 5.75 Å². The summed E-state index contributed by atoms with van der Waals surface area (Å²) in [4.78, 5) is 13.7. The van der Waals surface area contributed by atoms with Crippen molar-refractivity contribution in [3.8, 4) is 17.0 Å². The van der Waals surface area contributed by atoms with Crippen LogP contribution in [-0.4, -0.2) is 37.0 Å². The van der Waals surface area contributed by atoms with Crippen LogP contribution in [0, 0.1) is 6.92 Å². The van der Waals surface area contributed by atoms with Crippen molar-refractivity contribution in [1.82, 2.24) is 10.1 Å². The summed E-state index contributed by atoms with van der Waals surface area (Å²) >= 11 is 6.35. The summed E-state index contributed by atoms with van der Waals surface area (Å²) < 4.78 is 10.7. The first-order chi connectivity index (χ1) is 10.9. The smallest absolute Gasteiger partial charge is 0.175 e. The van der Waals surface area contributed by atoms with Crippen molar-refractivity contribution in [2.24, 2.45) is 0 Å². The number of carbonyl (C=O) groups is 1. The van der Waals surface area contributed by atoms with Gasteiger partial charge in [0.1, 0.15) is 11.4 Å². The predicted molar refractivity (Wildman–Crippen MR) is 90.6 cm³/mol. The third-order valence-electron chi connectivity index (χ3n) is 3.37. The number of rotatable bonds is 5. The zero-order valence-electron chi connectivity index (χ0n) is 13.8. The average molecular weight is 335 g/mol. The van der Waals surface area contributed by atoms with E-state index < -0.39 is 0 Å². The Morgan fingerprint density at radius 3 is 2.65 bits per heavy atom. The zero-order valence-corrected chi connectivity index (χ0v) is 14.6. The van der Waals surface area contributed by atoms with E-state index in [-0.39, 0.29) is 5.78 Å². The Bertz CT molecular complexity index is 763. The van der Waals surface area contributed by atoms with Gasteiger partial charge in [0, 0.05) is 31.4 Å². The molecule has 0 atom stereocenters. The topological polar surface area (TPSA) is 55.6 Å². The second kappa shape index (κ2) is 6.87. The van der Waals surface area contributed by atoms with Gasteiger partial charge >= 0.3 is 0 Å². The number of Topliss-reactive ketones (excluding diaryl/α,β-unsaturated/α-hetero) is 1. The van der Waals surface area contributed by atoms with Gasteiger partial charge in [0.05, 0.1) is 17.7 Å². The third-order valence-corrected chi connectivity index (χ3v) is 3.76. The van der Waals surface area contributed by atoms with Crippen molar-refractivity contribution in [3.05, 3.63) is 40.7 Å². The van der Waals surface area contributed by atoms with E-state index in [9.17, 15) is 4.79 Å². The van der Waals surface area contributed by atoms with Crippen LogP contribution >= 0.6 is 11.6 Å². The molecule has 0 bridgehead atoms. The van der Waals surface area contributed by atoms with Crippen LogP contribution in [0.4, 0.5) is 0 Å². The number of hydrogen-bond acceptors (Lipinski definition) is 5. The maximum absolute atomic E-state index is 11.9. The molecule has 0 aliphatic rings. The van der Waals surface area contributed by atoms with Crippen molar-refractivity contribution in [2.75, 3.05) is 21.2 Å². The number of aromatic nitrogens is 1. The molecule has 6 heteroatoms. The highest BCUT2D eigenvalue weighted by Gasteiger charge is 2.22. The molecule has 0 aliphatic carbocycles. The van der Waals surface area contributed by atoms with E-state index in [1.54, 1.807) is 24.3 Å². The van der Waals surface area contributed by atoms with Crippen LogP contribution in [0.2, 0.25) is 5.02 Å².